The van der Waals surface area contributed by atoms with E-state index in [0.29, 0.717) is 49.0 Å². The summed E-state index contributed by atoms with van der Waals surface area (Å²) in [6.45, 7) is 8.05. The minimum Gasteiger partial charge on any atom is -0.474 e. The number of allylic oxidation sites excluding steroid dienone is 1. The van der Waals surface area contributed by atoms with Gasteiger partial charge in [0.15, 0.2) is 6.17 Å². The van der Waals surface area contributed by atoms with Crippen molar-refractivity contribution in [3.05, 3.63) is 24.2 Å². The van der Waals surface area contributed by atoms with Crippen molar-refractivity contribution in [1.29, 1.82) is 0 Å². The Kier molecular flexibility index (Phi) is 7.64. The molecule has 0 bridgehead atoms. The molecule has 170 valence electrons. The largest absolute Gasteiger partial charge is 0.474 e. The highest BCUT2D eigenvalue weighted by atomic mass is 19.1. The van der Waals surface area contributed by atoms with Gasteiger partial charge in [-0.05, 0) is 33.8 Å². The van der Waals surface area contributed by atoms with Crippen LogP contribution < -0.4 is 9.57 Å². The molecule has 1 amide bonds. The molecule has 1 atom stereocenters. The van der Waals surface area contributed by atoms with Gasteiger partial charge in [0, 0.05) is 44.3 Å². The van der Waals surface area contributed by atoms with Crippen molar-refractivity contribution < 1.29 is 23.5 Å². The molecule has 0 radical (unpaired) electrons. The number of amides is 1. The maximum absolute atomic E-state index is 12.5. The monoisotopic (exact) mass is 435 g/mol. The third-order valence-electron chi connectivity index (χ3n) is 4.98. The average molecular weight is 436 g/mol. The molecular formula is C21H30FN5O4. The Labute approximate surface area is 181 Å². The number of nitrogens with zero attached hydrogens (tertiary/aromatic N) is 5. The number of ether oxygens (including phenoxy) is 2. The van der Waals surface area contributed by atoms with Crippen molar-refractivity contribution in [2.45, 2.75) is 65.3 Å². The van der Waals surface area contributed by atoms with Crippen LogP contribution in [0, 0.1) is 6.92 Å². The molecule has 0 aromatic carbocycles. The lowest BCUT2D eigenvalue weighted by Crippen LogP contribution is -2.42. The van der Waals surface area contributed by atoms with Gasteiger partial charge in [-0.2, -0.15) is 10.0 Å². The van der Waals surface area contributed by atoms with Crippen molar-refractivity contribution in [2.75, 3.05) is 19.8 Å². The molecule has 1 saturated heterocycles. The van der Waals surface area contributed by atoms with E-state index in [-0.39, 0.29) is 30.9 Å². The third kappa shape index (κ3) is 6.05. The summed E-state index contributed by atoms with van der Waals surface area (Å²) in [6, 6.07) is 0. The van der Waals surface area contributed by atoms with E-state index in [1.165, 1.54) is 6.33 Å². The van der Waals surface area contributed by atoms with Gasteiger partial charge in [-0.25, -0.2) is 9.78 Å². The van der Waals surface area contributed by atoms with Crippen LogP contribution in [0.3, 0.4) is 0 Å². The number of carbonyl (C=O) groups excluding carboxylic acids is 1. The standard InChI is InChI=1S/C21H30FN5O4/c1-14(2)29-21(28)26-10-7-18(8-11-26)30-19-15(3)20(24-13-23-19)31-27-12-6-17(5-9-22)25-16(27)4/h6,12-14,16,18H,5,7-11H2,1-4H3. The number of halogens is 1. The molecule has 0 spiro atoms. The number of aliphatic imine (C=N–C) groups is 1. The van der Waals surface area contributed by atoms with Crippen molar-refractivity contribution in [3.8, 4) is 11.8 Å². The van der Waals surface area contributed by atoms with E-state index >= 15 is 0 Å². The van der Waals surface area contributed by atoms with E-state index in [9.17, 15) is 9.18 Å². The number of aromatic nitrogens is 2. The molecule has 3 rings (SSSR count). The molecule has 0 N–H and O–H groups in total. The second kappa shape index (κ2) is 10.4. The lowest BCUT2D eigenvalue weighted by Gasteiger charge is -2.32. The molecular weight excluding hydrogens is 405 g/mol. The molecule has 31 heavy (non-hydrogen) atoms. The fourth-order valence-corrected chi connectivity index (χ4v) is 3.30. The zero-order chi connectivity index (χ0) is 22.4. The Morgan fingerprint density at radius 3 is 2.61 bits per heavy atom. The fourth-order valence-electron chi connectivity index (χ4n) is 3.30. The van der Waals surface area contributed by atoms with Crippen molar-refractivity contribution in [2.24, 2.45) is 4.99 Å². The topological polar surface area (TPSA) is 89.4 Å². The highest BCUT2D eigenvalue weighted by Crippen LogP contribution is 2.27. The van der Waals surface area contributed by atoms with Gasteiger partial charge in [-0.3, -0.25) is 9.38 Å². The number of rotatable bonds is 7. The van der Waals surface area contributed by atoms with Crippen molar-refractivity contribution in [1.82, 2.24) is 19.9 Å². The lowest BCUT2D eigenvalue weighted by atomic mass is 10.1. The molecule has 2 aliphatic rings. The van der Waals surface area contributed by atoms with Crippen molar-refractivity contribution in [3.63, 3.8) is 0 Å². The quantitative estimate of drug-likeness (QED) is 0.648. The van der Waals surface area contributed by atoms with E-state index in [2.05, 4.69) is 15.0 Å². The summed E-state index contributed by atoms with van der Waals surface area (Å²) < 4.78 is 23.9. The Hall–Kier alpha value is -2.91. The van der Waals surface area contributed by atoms with Crippen LogP contribution >= 0.6 is 0 Å². The predicted octanol–water partition coefficient (Wildman–Crippen LogP) is 3.44. The molecule has 0 aliphatic carbocycles. The Morgan fingerprint density at radius 2 is 1.97 bits per heavy atom. The zero-order valence-corrected chi connectivity index (χ0v) is 18.5. The molecule has 3 heterocycles. The summed E-state index contributed by atoms with van der Waals surface area (Å²) in [5.41, 5.74) is 1.37. The SMILES string of the molecule is Cc1c(OC2CCN(C(=O)OC(C)C)CC2)ncnc1ON1C=CC(CCF)=NC1C. The van der Waals surface area contributed by atoms with E-state index in [1.54, 1.807) is 22.2 Å². The van der Waals surface area contributed by atoms with Crippen LogP contribution in [0.4, 0.5) is 9.18 Å². The lowest BCUT2D eigenvalue weighted by molar-refractivity contribution is -0.0454. The van der Waals surface area contributed by atoms with E-state index in [1.807, 2.05) is 27.7 Å². The average Bonchev–Trinajstić information content (AvgIpc) is 2.73. The van der Waals surface area contributed by atoms with Crippen LogP contribution in [0.1, 0.15) is 45.6 Å². The van der Waals surface area contributed by atoms with E-state index in [4.69, 9.17) is 14.3 Å². The van der Waals surface area contributed by atoms with E-state index in [0.717, 1.165) is 0 Å². The number of likely N-dealkylation sites (tertiary alicyclic amines) is 1. The molecule has 1 fully saturated rings. The minimum atomic E-state index is -0.444. The van der Waals surface area contributed by atoms with Gasteiger partial charge in [-0.1, -0.05) is 0 Å². The third-order valence-corrected chi connectivity index (χ3v) is 4.98. The Bertz CT molecular complexity index is 824. The number of hydroxylamine groups is 2. The molecule has 2 aliphatic heterocycles. The normalized spacial score (nSPS) is 19.4. The zero-order valence-electron chi connectivity index (χ0n) is 18.5. The van der Waals surface area contributed by atoms with Gasteiger partial charge in [-0.15, -0.1) is 0 Å². The molecule has 1 aromatic rings. The van der Waals surface area contributed by atoms with Crippen LogP contribution in [0.5, 0.6) is 11.8 Å². The molecule has 0 saturated carbocycles. The second-order valence-corrected chi connectivity index (χ2v) is 7.80. The van der Waals surface area contributed by atoms with Crippen molar-refractivity contribution >= 4 is 11.8 Å². The van der Waals surface area contributed by atoms with Gasteiger partial charge in [0.2, 0.25) is 5.88 Å². The van der Waals surface area contributed by atoms with Gasteiger partial charge in [0.05, 0.1) is 18.3 Å². The summed E-state index contributed by atoms with van der Waals surface area (Å²) in [6.07, 6.45) is 5.70. The molecule has 10 heteroatoms. The van der Waals surface area contributed by atoms with Gasteiger partial charge >= 0.3 is 6.09 Å². The van der Waals surface area contributed by atoms with Crippen LogP contribution in [0.25, 0.3) is 0 Å². The molecule has 1 aromatic heterocycles. The Morgan fingerprint density at radius 1 is 1.26 bits per heavy atom. The number of hydrogen-bond donors (Lipinski definition) is 0. The predicted molar refractivity (Wildman–Crippen MR) is 113 cm³/mol. The minimum absolute atomic E-state index is 0.0637. The molecule has 1 unspecified atom stereocenters. The first-order valence-corrected chi connectivity index (χ1v) is 10.6. The number of hydrogen-bond acceptors (Lipinski definition) is 8. The van der Waals surface area contributed by atoms with Crippen LogP contribution in [-0.2, 0) is 4.74 Å². The van der Waals surface area contributed by atoms with Gasteiger partial charge < -0.3 is 19.2 Å². The van der Waals surface area contributed by atoms with E-state index < -0.39 is 6.67 Å². The van der Waals surface area contributed by atoms with Gasteiger partial charge in [0.25, 0.3) is 5.88 Å². The maximum atomic E-state index is 12.5. The first kappa shape index (κ1) is 22.8. The van der Waals surface area contributed by atoms with Crippen LogP contribution in [0.2, 0.25) is 0 Å². The first-order valence-electron chi connectivity index (χ1n) is 10.6. The van der Waals surface area contributed by atoms with Gasteiger partial charge in [0.1, 0.15) is 12.4 Å². The molecule has 9 nitrogen and oxygen atoms in total. The Balaban J connectivity index is 1.57. The maximum Gasteiger partial charge on any atom is 0.410 e. The number of piperidine rings is 1. The summed E-state index contributed by atoms with van der Waals surface area (Å²) in [4.78, 5) is 32.5. The fraction of sp³-hybridized carbons (Fsp3) is 0.619. The number of carbonyl (C=O) groups is 1. The summed E-state index contributed by atoms with van der Waals surface area (Å²) in [7, 11) is 0. The summed E-state index contributed by atoms with van der Waals surface area (Å²) in [5.74, 6) is 0.812. The highest BCUT2D eigenvalue weighted by Gasteiger charge is 2.27. The van der Waals surface area contributed by atoms with Crippen LogP contribution in [0.15, 0.2) is 23.6 Å². The second-order valence-electron chi connectivity index (χ2n) is 7.80. The number of alkyl halides is 1. The smallest absolute Gasteiger partial charge is 0.410 e. The first-order chi connectivity index (χ1) is 14.9. The van der Waals surface area contributed by atoms with Crippen LogP contribution in [-0.4, -0.2) is 69.9 Å². The summed E-state index contributed by atoms with van der Waals surface area (Å²) >= 11 is 0. The highest BCUT2D eigenvalue weighted by molar-refractivity contribution is 5.95. The summed E-state index contributed by atoms with van der Waals surface area (Å²) in [5, 5.41) is 1.56.